The van der Waals surface area contributed by atoms with Crippen LogP contribution in [0.5, 0.6) is 0 Å². The number of fused-ring (bicyclic) bond motifs is 1. The number of hydrogen-bond acceptors (Lipinski definition) is 2. The molecule has 2 rings (SSSR count). The highest BCUT2D eigenvalue weighted by molar-refractivity contribution is 5.90. The van der Waals surface area contributed by atoms with Crippen molar-refractivity contribution in [2.45, 2.75) is 25.3 Å². The third-order valence-electron chi connectivity index (χ3n) is 2.90. The first kappa shape index (κ1) is 7.58. The Morgan fingerprint density at radius 1 is 1.50 bits per heavy atom. The Hall–Kier alpha value is -1.06. The number of carboxylic acids is 1. The van der Waals surface area contributed by atoms with Crippen LogP contribution in [-0.4, -0.2) is 23.0 Å². The van der Waals surface area contributed by atoms with Gasteiger partial charge in [-0.05, 0) is 12.8 Å². The highest BCUT2D eigenvalue weighted by atomic mass is 16.4. The van der Waals surface area contributed by atoms with Crippen LogP contribution in [0, 0.1) is 11.8 Å². The summed E-state index contributed by atoms with van der Waals surface area (Å²) in [6.07, 6.45) is 2.73. The topological polar surface area (TPSA) is 66.4 Å². The van der Waals surface area contributed by atoms with Crippen molar-refractivity contribution in [1.82, 2.24) is 5.32 Å². The number of hydrogen-bond donors (Lipinski definition) is 2. The van der Waals surface area contributed by atoms with Crippen LogP contribution in [0.1, 0.15) is 19.3 Å². The predicted octanol–water partition coefficient (Wildman–Crippen LogP) is -0.0143. The van der Waals surface area contributed by atoms with E-state index in [0.717, 1.165) is 19.3 Å². The summed E-state index contributed by atoms with van der Waals surface area (Å²) >= 11 is 0. The summed E-state index contributed by atoms with van der Waals surface area (Å²) < 4.78 is 0. The maximum absolute atomic E-state index is 11.2. The van der Waals surface area contributed by atoms with Gasteiger partial charge < -0.3 is 10.4 Å². The molecule has 0 unspecified atom stereocenters. The Labute approximate surface area is 69.9 Å². The van der Waals surface area contributed by atoms with Gasteiger partial charge in [-0.3, -0.25) is 4.79 Å². The predicted molar refractivity (Wildman–Crippen MR) is 40.4 cm³/mol. The van der Waals surface area contributed by atoms with E-state index in [-0.39, 0.29) is 17.7 Å². The molecule has 0 aromatic heterocycles. The Bertz CT molecular complexity index is 238. The van der Waals surface area contributed by atoms with Crippen LogP contribution < -0.4 is 5.32 Å². The van der Waals surface area contributed by atoms with Gasteiger partial charge in [0.2, 0.25) is 5.91 Å². The van der Waals surface area contributed by atoms with Crippen LogP contribution in [0.15, 0.2) is 0 Å². The van der Waals surface area contributed by atoms with Gasteiger partial charge >= 0.3 is 5.97 Å². The van der Waals surface area contributed by atoms with E-state index < -0.39 is 12.0 Å². The lowest BCUT2D eigenvalue weighted by Gasteiger charge is -2.10. The van der Waals surface area contributed by atoms with Crippen LogP contribution in [0.2, 0.25) is 0 Å². The normalized spacial score (nSPS) is 39.3. The molecule has 3 atom stereocenters. The average molecular weight is 169 g/mol. The van der Waals surface area contributed by atoms with Crippen LogP contribution in [0.4, 0.5) is 0 Å². The minimum absolute atomic E-state index is 0.0221. The molecule has 2 fully saturated rings. The molecule has 0 bridgehead atoms. The first-order valence-corrected chi connectivity index (χ1v) is 4.23. The SMILES string of the molecule is O=C(O)[C@H]1NC(=O)[C@@H]2CCC[C@H]12. The first-order valence-electron chi connectivity index (χ1n) is 4.23. The Morgan fingerprint density at radius 2 is 2.25 bits per heavy atom. The lowest BCUT2D eigenvalue weighted by molar-refractivity contribution is -0.140. The van der Waals surface area contributed by atoms with Crippen molar-refractivity contribution in [3.8, 4) is 0 Å². The lowest BCUT2D eigenvalue weighted by Crippen LogP contribution is -2.36. The summed E-state index contributed by atoms with van der Waals surface area (Å²) in [5.41, 5.74) is 0. The van der Waals surface area contributed by atoms with Gasteiger partial charge in [0, 0.05) is 11.8 Å². The average Bonchev–Trinajstić information content (AvgIpc) is 2.53. The summed E-state index contributed by atoms with van der Waals surface area (Å²) in [5.74, 6) is -0.927. The molecule has 4 nitrogen and oxygen atoms in total. The molecule has 1 aliphatic heterocycles. The number of nitrogens with one attached hydrogen (secondary N) is 1. The summed E-state index contributed by atoms with van der Waals surface area (Å²) in [6, 6.07) is -0.620. The van der Waals surface area contributed by atoms with Gasteiger partial charge in [-0.1, -0.05) is 6.42 Å². The highest BCUT2D eigenvalue weighted by Crippen LogP contribution is 2.38. The third-order valence-corrected chi connectivity index (χ3v) is 2.90. The standard InChI is InChI=1S/C8H11NO3/c10-7-5-3-1-2-4(5)6(9-7)8(11)12/h4-6H,1-3H2,(H,9,10)(H,11,12)/t4-,5+,6-/m0/s1. The molecule has 0 aromatic carbocycles. The van der Waals surface area contributed by atoms with E-state index >= 15 is 0 Å². The van der Waals surface area contributed by atoms with Crippen molar-refractivity contribution in [2.24, 2.45) is 11.8 Å². The van der Waals surface area contributed by atoms with E-state index in [9.17, 15) is 9.59 Å². The van der Waals surface area contributed by atoms with Crippen LogP contribution in [0.3, 0.4) is 0 Å². The summed E-state index contributed by atoms with van der Waals surface area (Å²) in [4.78, 5) is 21.9. The fraction of sp³-hybridized carbons (Fsp3) is 0.750. The highest BCUT2D eigenvalue weighted by Gasteiger charge is 2.47. The molecule has 0 radical (unpaired) electrons. The van der Waals surface area contributed by atoms with Gasteiger partial charge in [-0.15, -0.1) is 0 Å². The number of carbonyl (C=O) groups is 2. The van der Waals surface area contributed by atoms with Crippen LogP contribution in [-0.2, 0) is 9.59 Å². The minimum Gasteiger partial charge on any atom is -0.480 e. The van der Waals surface area contributed by atoms with Gasteiger partial charge in [0.1, 0.15) is 6.04 Å². The molecule has 1 heterocycles. The van der Waals surface area contributed by atoms with Crippen LogP contribution >= 0.6 is 0 Å². The zero-order valence-electron chi connectivity index (χ0n) is 6.62. The molecule has 4 heteroatoms. The van der Waals surface area contributed by atoms with Gasteiger partial charge in [0.15, 0.2) is 0 Å². The first-order chi connectivity index (χ1) is 5.70. The smallest absolute Gasteiger partial charge is 0.326 e. The zero-order chi connectivity index (χ0) is 8.72. The van der Waals surface area contributed by atoms with E-state index in [2.05, 4.69) is 5.32 Å². The molecule has 1 aliphatic carbocycles. The summed E-state index contributed by atoms with van der Waals surface area (Å²) in [7, 11) is 0. The minimum atomic E-state index is -0.891. The van der Waals surface area contributed by atoms with Gasteiger partial charge in [0.05, 0.1) is 0 Å². The maximum Gasteiger partial charge on any atom is 0.326 e. The zero-order valence-corrected chi connectivity index (χ0v) is 6.62. The second-order valence-electron chi connectivity index (χ2n) is 3.53. The van der Waals surface area contributed by atoms with Crippen LogP contribution in [0.25, 0.3) is 0 Å². The van der Waals surface area contributed by atoms with E-state index in [1.165, 1.54) is 0 Å². The molecule has 12 heavy (non-hydrogen) atoms. The van der Waals surface area contributed by atoms with Crippen molar-refractivity contribution >= 4 is 11.9 Å². The molecule has 0 aromatic rings. The molecule has 1 amide bonds. The monoisotopic (exact) mass is 169 g/mol. The fourth-order valence-corrected chi connectivity index (χ4v) is 2.33. The van der Waals surface area contributed by atoms with E-state index in [1.807, 2.05) is 0 Å². The molecular weight excluding hydrogens is 158 g/mol. The Balaban J connectivity index is 2.20. The quantitative estimate of drug-likeness (QED) is 0.580. The second-order valence-corrected chi connectivity index (χ2v) is 3.53. The van der Waals surface area contributed by atoms with Gasteiger partial charge in [-0.2, -0.15) is 0 Å². The van der Waals surface area contributed by atoms with Crippen molar-refractivity contribution in [3.05, 3.63) is 0 Å². The number of rotatable bonds is 1. The molecule has 2 N–H and O–H groups in total. The van der Waals surface area contributed by atoms with Crippen molar-refractivity contribution < 1.29 is 14.7 Å². The molecule has 0 spiro atoms. The Morgan fingerprint density at radius 3 is 2.92 bits per heavy atom. The third kappa shape index (κ3) is 0.906. The van der Waals surface area contributed by atoms with Crippen molar-refractivity contribution in [2.75, 3.05) is 0 Å². The molecular formula is C8H11NO3. The van der Waals surface area contributed by atoms with E-state index in [0.29, 0.717) is 0 Å². The maximum atomic E-state index is 11.2. The van der Waals surface area contributed by atoms with E-state index in [4.69, 9.17) is 5.11 Å². The summed E-state index contributed by atoms with van der Waals surface area (Å²) in [5, 5.41) is 11.3. The number of aliphatic carboxylic acids is 1. The van der Waals surface area contributed by atoms with Gasteiger partial charge in [-0.25, -0.2) is 4.79 Å². The fourth-order valence-electron chi connectivity index (χ4n) is 2.33. The molecule has 1 saturated carbocycles. The van der Waals surface area contributed by atoms with Crippen molar-refractivity contribution in [1.29, 1.82) is 0 Å². The van der Waals surface area contributed by atoms with Crippen molar-refractivity contribution in [3.63, 3.8) is 0 Å². The molecule has 1 saturated heterocycles. The number of carbonyl (C=O) groups excluding carboxylic acids is 1. The number of amides is 1. The number of carboxylic acid groups (broad SMARTS) is 1. The summed E-state index contributed by atoms with van der Waals surface area (Å²) in [6.45, 7) is 0. The van der Waals surface area contributed by atoms with Gasteiger partial charge in [0.25, 0.3) is 0 Å². The molecule has 2 aliphatic rings. The molecule has 66 valence electrons. The lowest BCUT2D eigenvalue weighted by atomic mass is 9.94. The Kier molecular flexibility index (Phi) is 1.56. The second kappa shape index (κ2) is 2.47. The largest absolute Gasteiger partial charge is 0.480 e. The van der Waals surface area contributed by atoms with E-state index in [1.54, 1.807) is 0 Å².